The second kappa shape index (κ2) is 12.6. The molecular weight excluding hydrogens is 424 g/mol. The summed E-state index contributed by atoms with van der Waals surface area (Å²) >= 11 is 16.3. The Hall–Kier alpha value is 0.290. The highest BCUT2D eigenvalue weighted by molar-refractivity contribution is 7.94. The Morgan fingerprint density at radius 1 is 0.840 bits per heavy atom. The van der Waals surface area contributed by atoms with Crippen LogP contribution >= 0.6 is 50.5 Å². The number of sulfone groups is 1. The van der Waals surface area contributed by atoms with Gasteiger partial charge in [-0.15, -0.1) is 0 Å². The lowest BCUT2D eigenvalue weighted by atomic mass is 10.3. The molecule has 0 spiro atoms. The summed E-state index contributed by atoms with van der Waals surface area (Å²) in [4.78, 5) is 24.3. The summed E-state index contributed by atoms with van der Waals surface area (Å²) in [7, 11) is -4.11. The first-order valence-electron chi connectivity index (χ1n) is 7.79. The molecule has 0 aromatic carbocycles. The Balaban J connectivity index is 5.15. The first-order chi connectivity index (χ1) is 11.6. The molecule has 0 heterocycles. The number of carbonyl (C=O) groups is 2. The van der Waals surface area contributed by atoms with Gasteiger partial charge < -0.3 is 9.47 Å². The minimum Gasteiger partial charge on any atom is -0.464 e. The maximum absolute atomic E-state index is 12.7. The van der Waals surface area contributed by atoms with Gasteiger partial charge in [0.25, 0.3) is 0 Å². The Labute approximate surface area is 171 Å². The van der Waals surface area contributed by atoms with Gasteiger partial charge in [-0.25, -0.2) is 8.42 Å². The van der Waals surface area contributed by atoms with Crippen LogP contribution in [0.1, 0.15) is 26.7 Å². The molecule has 0 aromatic rings. The number of hydrogen-bond donors (Lipinski definition) is 4. The largest absolute Gasteiger partial charge is 0.464 e. The average Bonchev–Trinajstić information content (AvgIpc) is 2.57. The number of esters is 2. The van der Waals surface area contributed by atoms with Crippen molar-refractivity contribution in [3.8, 4) is 0 Å². The van der Waals surface area contributed by atoms with E-state index in [4.69, 9.17) is 9.47 Å². The zero-order valence-corrected chi connectivity index (χ0v) is 18.6. The summed E-state index contributed by atoms with van der Waals surface area (Å²) in [5, 5.41) is -3.45. The molecule has 0 bridgehead atoms. The van der Waals surface area contributed by atoms with Crippen LogP contribution in [0.4, 0.5) is 0 Å². The Morgan fingerprint density at radius 2 is 1.16 bits per heavy atom. The fourth-order valence-corrected chi connectivity index (χ4v) is 4.27. The van der Waals surface area contributed by atoms with Crippen LogP contribution in [0.25, 0.3) is 0 Å². The Morgan fingerprint density at radius 3 is 1.40 bits per heavy atom. The highest BCUT2D eigenvalue weighted by atomic mass is 32.2. The third-order valence-electron chi connectivity index (χ3n) is 3.32. The SMILES string of the molecule is CCC(C(=O)OCC(S)CS)S(=O)(=O)C(CC)C(=O)OCC(S)CS. The van der Waals surface area contributed by atoms with Crippen molar-refractivity contribution in [3.63, 3.8) is 0 Å². The van der Waals surface area contributed by atoms with Gasteiger partial charge in [-0.2, -0.15) is 50.5 Å². The van der Waals surface area contributed by atoms with Crippen LogP contribution in [0.3, 0.4) is 0 Å². The lowest BCUT2D eigenvalue weighted by Gasteiger charge is -2.21. The summed E-state index contributed by atoms with van der Waals surface area (Å²) in [6.45, 7) is 2.98. The molecule has 148 valence electrons. The molecule has 0 aliphatic carbocycles. The molecule has 0 N–H and O–H groups in total. The summed E-state index contributed by atoms with van der Waals surface area (Å²) in [5.41, 5.74) is 0. The van der Waals surface area contributed by atoms with E-state index < -0.39 is 32.3 Å². The maximum Gasteiger partial charge on any atom is 0.324 e. The average molecular weight is 451 g/mol. The van der Waals surface area contributed by atoms with Crippen molar-refractivity contribution >= 4 is 72.3 Å². The molecule has 0 saturated carbocycles. The second-order valence-electron chi connectivity index (χ2n) is 5.32. The van der Waals surface area contributed by atoms with Crippen molar-refractivity contribution in [2.75, 3.05) is 24.7 Å². The van der Waals surface area contributed by atoms with Gasteiger partial charge in [0, 0.05) is 22.0 Å². The molecule has 0 fully saturated rings. The molecule has 0 rings (SSSR count). The molecule has 0 amide bonds. The molecular formula is C14H26O6S5. The minimum absolute atomic E-state index is 0.00507. The van der Waals surface area contributed by atoms with Crippen molar-refractivity contribution in [3.05, 3.63) is 0 Å². The fourth-order valence-electron chi connectivity index (χ4n) is 1.91. The van der Waals surface area contributed by atoms with Gasteiger partial charge in [-0.3, -0.25) is 9.59 Å². The minimum atomic E-state index is -4.11. The van der Waals surface area contributed by atoms with E-state index in [0.717, 1.165) is 0 Å². The van der Waals surface area contributed by atoms with Gasteiger partial charge in [0.05, 0.1) is 0 Å². The van der Waals surface area contributed by atoms with Gasteiger partial charge in [-0.05, 0) is 12.8 Å². The van der Waals surface area contributed by atoms with Gasteiger partial charge in [0.1, 0.15) is 13.2 Å². The van der Waals surface area contributed by atoms with E-state index in [0.29, 0.717) is 11.5 Å². The van der Waals surface area contributed by atoms with Crippen LogP contribution < -0.4 is 0 Å². The molecule has 0 radical (unpaired) electrons. The van der Waals surface area contributed by atoms with E-state index in [1.165, 1.54) is 0 Å². The van der Waals surface area contributed by atoms with Crippen LogP contribution in [-0.2, 0) is 28.9 Å². The van der Waals surface area contributed by atoms with Crippen LogP contribution in [-0.4, -0.2) is 66.1 Å². The molecule has 0 saturated heterocycles. The van der Waals surface area contributed by atoms with Gasteiger partial charge in [-0.1, -0.05) is 13.8 Å². The first kappa shape index (κ1) is 25.3. The maximum atomic E-state index is 12.7. The zero-order valence-electron chi connectivity index (χ0n) is 14.2. The highest BCUT2D eigenvalue weighted by Gasteiger charge is 2.42. The predicted octanol–water partition coefficient (Wildman–Crippen LogP) is 1.50. The molecule has 4 atom stereocenters. The van der Waals surface area contributed by atoms with Crippen molar-refractivity contribution in [1.29, 1.82) is 0 Å². The molecule has 0 aromatic heterocycles. The summed E-state index contributed by atoms with van der Waals surface area (Å²) in [6.07, 6.45) is -0.0101. The molecule has 0 aliphatic rings. The van der Waals surface area contributed by atoms with Crippen molar-refractivity contribution in [2.24, 2.45) is 0 Å². The van der Waals surface area contributed by atoms with Crippen LogP contribution in [0.2, 0.25) is 0 Å². The monoisotopic (exact) mass is 450 g/mol. The van der Waals surface area contributed by atoms with Gasteiger partial charge in [0.15, 0.2) is 20.3 Å². The predicted molar refractivity (Wildman–Crippen MR) is 112 cm³/mol. The quantitative estimate of drug-likeness (QED) is 0.266. The topological polar surface area (TPSA) is 86.7 Å². The number of hydrogen-bond acceptors (Lipinski definition) is 10. The molecule has 4 unspecified atom stereocenters. The third kappa shape index (κ3) is 8.23. The Kier molecular flexibility index (Phi) is 12.8. The number of ether oxygens (including phenoxy) is 2. The smallest absolute Gasteiger partial charge is 0.324 e. The van der Waals surface area contributed by atoms with E-state index in [1.807, 2.05) is 0 Å². The van der Waals surface area contributed by atoms with Crippen LogP contribution in [0.5, 0.6) is 0 Å². The van der Waals surface area contributed by atoms with Gasteiger partial charge >= 0.3 is 11.9 Å². The number of thiol groups is 4. The van der Waals surface area contributed by atoms with Crippen LogP contribution in [0.15, 0.2) is 0 Å². The lowest BCUT2D eigenvalue weighted by Crippen LogP contribution is -2.43. The van der Waals surface area contributed by atoms with Crippen molar-refractivity contribution in [1.82, 2.24) is 0 Å². The highest BCUT2D eigenvalue weighted by Crippen LogP contribution is 2.19. The number of rotatable bonds is 12. The normalized spacial score (nSPS) is 16.6. The Bertz CT molecular complexity index is 484. The second-order valence-corrected chi connectivity index (χ2v) is 9.82. The van der Waals surface area contributed by atoms with E-state index in [9.17, 15) is 18.0 Å². The first-order valence-corrected chi connectivity index (χ1v) is 11.7. The van der Waals surface area contributed by atoms with Crippen LogP contribution in [0, 0.1) is 0 Å². The van der Waals surface area contributed by atoms with E-state index in [1.54, 1.807) is 13.8 Å². The standard InChI is InChI=1S/C14H26O6S5/c1-3-11(13(15)19-5-9(23)7-21)25(17,18)12(4-2)14(16)20-6-10(24)8-22/h9-12,21-24H,3-8H2,1-2H3. The summed E-state index contributed by atoms with van der Waals surface area (Å²) in [5.74, 6) is -1.03. The number of carbonyl (C=O) groups excluding carboxylic acids is 2. The zero-order chi connectivity index (χ0) is 19.6. The summed E-state index contributed by atoms with van der Waals surface area (Å²) < 4.78 is 35.5. The van der Waals surface area contributed by atoms with Crippen molar-refractivity contribution < 1.29 is 27.5 Å². The lowest BCUT2D eigenvalue weighted by molar-refractivity contribution is -0.143. The van der Waals surface area contributed by atoms with E-state index in [2.05, 4.69) is 50.5 Å². The van der Waals surface area contributed by atoms with E-state index >= 15 is 0 Å². The molecule has 25 heavy (non-hydrogen) atoms. The van der Waals surface area contributed by atoms with E-state index in [-0.39, 0.29) is 36.6 Å². The molecule has 11 heteroatoms. The molecule has 6 nitrogen and oxygen atoms in total. The fraction of sp³-hybridized carbons (Fsp3) is 0.857. The van der Waals surface area contributed by atoms with Gasteiger partial charge in [0.2, 0.25) is 0 Å². The summed E-state index contributed by atoms with van der Waals surface area (Å²) in [6, 6.07) is 0. The molecule has 0 aliphatic heterocycles. The van der Waals surface area contributed by atoms with Crippen molar-refractivity contribution in [2.45, 2.75) is 47.7 Å². The third-order valence-corrected chi connectivity index (χ3v) is 8.08.